The van der Waals surface area contributed by atoms with Crippen LogP contribution in [0.5, 0.6) is 11.5 Å². The molecule has 0 radical (unpaired) electrons. The first kappa shape index (κ1) is 20.1. The molecule has 1 unspecified atom stereocenters. The maximum atomic E-state index is 13.2. The number of aliphatic hydroxyl groups excluding tert-OH is 1. The van der Waals surface area contributed by atoms with Gasteiger partial charge in [-0.15, -0.1) is 0 Å². The fraction of sp³-hybridized carbons (Fsp3) is 0.400. The molecule has 3 N–H and O–H groups in total. The van der Waals surface area contributed by atoms with Crippen molar-refractivity contribution >= 4 is 17.7 Å². The number of hydrogen-bond acceptors (Lipinski definition) is 5. The minimum atomic E-state index is -0.689. The summed E-state index contributed by atoms with van der Waals surface area (Å²) in [4.78, 5) is 13.2. The molecule has 31 heavy (non-hydrogen) atoms. The van der Waals surface area contributed by atoms with E-state index in [1.807, 2.05) is 63.2 Å². The second kappa shape index (κ2) is 7.11. The molecule has 6 nitrogen and oxygen atoms in total. The fourth-order valence-electron chi connectivity index (χ4n) is 4.33. The molecular formula is C25H28N2O4. The molecule has 1 saturated carbocycles. The van der Waals surface area contributed by atoms with Gasteiger partial charge < -0.3 is 19.9 Å². The molecule has 0 bridgehead atoms. The van der Waals surface area contributed by atoms with Crippen molar-refractivity contribution in [1.29, 1.82) is 0 Å². The van der Waals surface area contributed by atoms with Gasteiger partial charge in [-0.2, -0.15) is 0 Å². The van der Waals surface area contributed by atoms with Gasteiger partial charge in [-0.3, -0.25) is 10.1 Å². The predicted molar refractivity (Wildman–Crippen MR) is 119 cm³/mol. The topological polar surface area (TPSA) is 79.8 Å². The normalized spacial score (nSPS) is 18.9. The molecule has 1 fully saturated rings. The van der Waals surface area contributed by atoms with Crippen molar-refractivity contribution in [3.63, 3.8) is 0 Å². The number of benzene rings is 2. The van der Waals surface area contributed by atoms with E-state index in [9.17, 15) is 9.90 Å². The smallest absolute Gasteiger partial charge is 0.235 e. The van der Waals surface area contributed by atoms with Crippen molar-refractivity contribution in [2.24, 2.45) is 0 Å². The zero-order chi connectivity index (χ0) is 21.8. The summed E-state index contributed by atoms with van der Waals surface area (Å²) in [5.41, 5.74) is 4.18. The number of anilines is 1. The molecule has 1 atom stereocenters. The Bertz CT molecular complexity index is 1080. The predicted octanol–water partition coefficient (Wildman–Crippen LogP) is 3.73. The first-order valence-electron chi connectivity index (χ1n) is 10.7. The van der Waals surface area contributed by atoms with E-state index < -0.39 is 11.6 Å². The Hall–Kier alpha value is -2.83. The quantitative estimate of drug-likeness (QED) is 0.643. The van der Waals surface area contributed by atoms with E-state index in [4.69, 9.17) is 9.47 Å². The summed E-state index contributed by atoms with van der Waals surface area (Å²) in [5, 5.41) is 16.8. The molecule has 162 valence electrons. The lowest BCUT2D eigenvalue weighted by atomic mass is 9.94. The number of fused-ring (bicyclic) bond motifs is 2. The second-order valence-corrected chi connectivity index (χ2v) is 9.71. The third-order valence-corrected chi connectivity index (χ3v) is 6.17. The van der Waals surface area contributed by atoms with Crippen LogP contribution in [-0.4, -0.2) is 29.6 Å². The highest BCUT2D eigenvalue weighted by atomic mass is 16.7. The van der Waals surface area contributed by atoms with Crippen molar-refractivity contribution in [3.05, 3.63) is 58.7 Å². The van der Waals surface area contributed by atoms with E-state index >= 15 is 0 Å². The Morgan fingerprint density at radius 3 is 2.61 bits per heavy atom. The third kappa shape index (κ3) is 3.82. The molecule has 2 aliphatic carbocycles. The van der Waals surface area contributed by atoms with E-state index in [-0.39, 0.29) is 18.2 Å². The molecule has 1 heterocycles. The number of rotatable bonds is 5. The van der Waals surface area contributed by atoms with Gasteiger partial charge in [-0.1, -0.05) is 18.2 Å². The maximum absolute atomic E-state index is 13.2. The lowest BCUT2D eigenvalue weighted by Crippen LogP contribution is -2.44. The molecule has 1 amide bonds. The molecule has 5 rings (SSSR count). The van der Waals surface area contributed by atoms with Crippen molar-refractivity contribution in [2.75, 3.05) is 12.1 Å². The molecule has 0 saturated heterocycles. The van der Waals surface area contributed by atoms with Crippen LogP contribution in [-0.2, 0) is 16.6 Å². The van der Waals surface area contributed by atoms with E-state index in [1.54, 1.807) is 0 Å². The second-order valence-electron chi connectivity index (χ2n) is 9.71. The molecule has 0 spiro atoms. The Morgan fingerprint density at radius 1 is 1.10 bits per heavy atom. The lowest BCUT2D eigenvalue weighted by Gasteiger charge is -2.25. The summed E-state index contributed by atoms with van der Waals surface area (Å²) in [6.45, 7) is 6.31. The largest absolute Gasteiger partial charge is 0.454 e. The molecule has 0 aromatic heterocycles. The van der Waals surface area contributed by atoms with E-state index in [0.717, 1.165) is 46.5 Å². The number of carbonyl (C=O) groups excluding carboxylic acids is 1. The van der Waals surface area contributed by atoms with Gasteiger partial charge in [0.15, 0.2) is 11.5 Å². The van der Waals surface area contributed by atoms with E-state index in [0.29, 0.717) is 12.2 Å². The summed E-state index contributed by atoms with van der Waals surface area (Å²) in [7, 11) is 0. The van der Waals surface area contributed by atoms with Crippen LogP contribution in [0.2, 0.25) is 0 Å². The van der Waals surface area contributed by atoms with Gasteiger partial charge in [0.25, 0.3) is 0 Å². The highest BCUT2D eigenvalue weighted by Crippen LogP contribution is 2.51. The number of ether oxygens (including phenoxy) is 2. The van der Waals surface area contributed by atoms with Crippen LogP contribution < -0.4 is 20.1 Å². The summed E-state index contributed by atoms with van der Waals surface area (Å²) < 4.78 is 10.9. The fourth-order valence-corrected chi connectivity index (χ4v) is 4.33. The van der Waals surface area contributed by atoms with Gasteiger partial charge in [0.2, 0.25) is 12.7 Å². The summed E-state index contributed by atoms with van der Waals surface area (Å²) in [6, 6.07) is 11.7. The number of carbonyl (C=O) groups is 1. The standard InChI is InChI=1S/C25H28N2O4/c1-24(2,3)27-22(28)17-10-15-4-6-19(12-16(15)11-17)26-23(29)25(8-9-25)18-5-7-20-21(13-18)31-14-30-20/h4-7,11-13,22,27-28H,8-10,14H2,1-3H3,(H,26,29). The van der Waals surface area contributed by atoms with Crippen molar-refractivity contribution in [3.8, 4) is 11.5 Å². The highest BCUT2D eigenvalue weighted by Gasteiger charge is 2.51. The SMILES string of the molecule is CC(C)(C)NC(O)C1=Cc2cc(NC(=O)C3(c4ccc5c(c4)OCO5)CC3)ccc2C1. The van der Waals surface area contributed by atoms with Gasteiger partial charge >= 0.3 is 0 Å². The first-order valence-corrected chi connectivity index (χ1v) is 10.7. The summed E-state index contributed by atoms with van der Waals surface area (Å²) >= 11 is 0. The van der Waals surface area contributed by atoms with Gasteiger partial charge in [0.05, 0.1) is 5.41 Å². The van der Waals surface area contributed by atoms with Crippen LogP contribution in [0, 0.1) is 0 Å². The zero-order valence-electron chi connectivity index (χ0n) is 18.1. The van der Waals surface area contributed by atoms with Crippen molar-refractivity contribution < 1.29 is 19.4 Å². The van der Waals surface area contributed by atoms with Crippen molar-refractivity contribution in [1.82, 2.24) is 5.32 Å². The average Bonchev–Trinajstić information content (AvgIpc) is 3.19. The van der Waals surface area contributed by atoms with Crippen molar-refractivity contribution in [2.45, 2.75) is 57.2 Å². The number of hydrogen-bond donors (Lipinski definition) is 3. The Balaban J connectivity index is 1.32. The molecule has 1 aliphatic heterocycles. The van der Waals surface area contributed by atoms with Gasteiger partial charge in [-0.25, -0.2) is 0 Å². The lowest BCUT2D eigenvalue weighted by molar-refractivity contribution is -0.118. The van der Waals surface area contributed by atoms with E-state index in [2.05, 4.69) is 10.6 Å². The monoisotopic (exact) mass is 420 g/mol. The minimum absolute atomic E-state index is 0.00273. The molecule has 3 aliphatic rings. The van der Waals surface area contributed by atoms with Crippen LogP contribution >= 0.6 is 0 Å². The van der Waals surface area contributed by atoms with Crippen LogP contribution in [0.1, 0.15) is 50.3 Å². The zero-order valence-corrected chi connectivity index (χ0v) is 18.1. The summed E-state index contributed by atoms with van der Waals surface area (Å²) in [5.74, 6) is 1.43. The van der Waals surface area contributed by atoms with Crippen LogP contribution in [0.25, 0.3) is 6.08 Å². The van der Waals surface area contributed by atoms with Crippen LogP contribution in [0.3, 0.4) is 0 Å². The molecular weight excluding hydrogens is 392 g/mol. The van der Waals surface area contributed by atoms with Gasteiger partial charge in [-0.05, 0) is 86.6 Å². The number of amides is 1. The Labute approximate surface area is 182 Å². The highest BCUT2D eigenvalue weighted by molar-refractivity contribution is 6.01. The number of aliphatic hydroxyl groups is 1. The van der Waals surface area contributed by atoms with Gasteiger partial charge in [0.1, 0.15) is 6.23 Å². The number of nitrogens with one attached hydrogen (secondary N) is 2. The maximum Gasteiger partial charge on any atom is 0.235 e. The average molecular weight is 421 g/mol. The summed E-state index contributed by atoms with van der Waals surface area (Å²) in [6.07, 6.45) is 3.66. The Kier molecular flexibility index (Phi) is 4.61. The van der Waals surface area contributed by atoms with E-state index in [1.165, 1.54) is 0 Å². The van der Waals surface area contributed by atoms with Crippen LogP contribution in [0.4, 0.5) is 5.69 Å². The van der Waals surface area contributed by atoms with Gasteiger partial charge in [0, 0.05) is 11.2 Å². The minimum Gasteiger partial charge on any atom is -0.454 e. The molecule has 2 aromatic carbocycles. The first-order chi connectivity index (χ1) is 14.7. The Morgan fingerprint density at radius 2 is 1.87 bits per heavy atom. The van der Waals surface area contributed by atoms with Crippen LogP contribution in [0.15, 0.2) is 42.0 Å². The molecule has 2 aromatic rings. The third-order valence-electron chi connectivity index (χ3n) is 6.17. The molecule has 6 heteroatoms.